The third-order valence-corrected chi connectivity index (χ3v) is 2.68. The number of carboxylic acid groups (broad SMARTS) is 1. The lowest BCUT2D eigenvalue weighted by Crippen LogP contribution is -2.44. The summed E-state index contributed by atoms with van der Waals surface area (Å²) in [5.41, 5.74) is -0.628. The van der Waals surface area contributed by atoms with E-state index in [9.17, 15) is 19.1 Å². The van der Waals surface area contributed by atoms with Crippen LogP contribution >= 0.6 is 0 Å². The minimum atomic E-state index is -1.31. The van der Waals surface area contributed by atoms with Gasteiger partial charge in [-0.05, 0) is 32.4 Å². The molecule has 0 aliphatic heterocycles. The van der Waals surface area contributed by atoms with Crippen LogP contribution in [0.2, 0.25) is 0 Å². The Morgan fingerprint density at radius 3 is 2.50 bits per heavy atom. The number of hydrogen-bond acceptors (Lipinski definition) is 4. The van der Waals surface area contributed by atoms with E-state index in [0.29, 0.717) is 0 Å². The summed E-state index contributed by atoms with van der Waals surface area (Å²) in [6.07, 6.45) is -1.10. The molecule has 1 rings (SSSR count). The molecule has 0 fully saturated rings. The highest BCUT2D eigenvalue weighted by atomic mass is 19.1. The number of nitrogens with one attached hydrogen (secondary N) is 1. The molecule has 6 nitrogen and oxygen atoms in total. The molecular formula is C15H20FNO5. The molecule has 1 aromatic rings. The second kappa shape index (κ2) is 7.11. The summed E-state index contributed by atoms with van der Waals surface area (Å²) in [4.78, 5) is 22.9. The van der Waals surface area contributed by atoms with Gasteiger partial charge in [0, 0.05) is 6.42 Å². The van der Waals surface area contributed by atoms with E-state index in [1.54, 1.807) is 26.8 Å². The van der Waals surface area contributed by atoms with Crippen LogP contribution < -0.4 is 10.1 Å². The number of amides is 1. The average Bonchev–Trinajstić information content (AvgIpc) is 2.37. The first kappa shape index (κ1) is 17.7. The van der Waals surface area contributed by atoms with Crippen LogP contribution in [0, 0.1) is 5.82 Å². The molecule has 0 bridgehead atoms. The normalized spacial score (nSPS) is 12.4. The second-order valence-electron chi connectivity index (χ2n) is 5.67. The zero-order valence-corrected chi connectivity index (χ0v) is 13.0. The van der Waals surface area contributed by atoms with E-state index in [-0.39, 0.29) is 17.7 Å². The van der Waals surface area contributed by atoms with Gasteiger partial charge in [0.2, 0.25) is 0 Å². The van der Waals surface area contributed by atoms with Gasteiger partial charge in [0.25, 0.3) is 0 Å². The molecule has 0 aliphatic rings. The van der Waals surface area contributed by atoms with Gasteiger partial charge in [0.1, 0.15) is 11.6 Å². The van der Waals surface area contributed by atoms with Crippen LogP contribution in [0.4, 0.5) is 9.18 Å². The highest BCUT2D eigenvalue weighted by Crippen LogP contribution is 2.21. The highest BCUT2D eigenvalue weighted by molar-refractivity contribution is 5.80. The molecule has 7 heteroatoms. The summed E-state index contributed by atoms with van der Waals surface area (Å²) in [5.74, 6) is -1.92. The number of carboxylic acids is 1. The van der Waals surface area contributed by atoms with Gasteiger partial charge in [0.05, 0.1) is 7.11 Å². The van der Waals surface area contributed by atoms with Gasteiger partial charge in [-0.2, -0.15) is 0 Å². The maximum absolute atomic E-state index is 14.0. The fraction of sp³-hybridized carbons (Fsp3) is 0.467. The van der Waals surface area contributed by atoms with Crippen molar-refractivity contribution in [2.24, 2.45) is 0 Å². The monoisotopic (exact) mass is 313 g/mol. The van der Waals surface area contributed by atoms with Crippen LogP contribution in [0.1, 0.15) is 26.3 Å². The van der Waals surface area contributed by atoms with E-state index in [1.807, 2.05) is 0 Å². The number of rotatable bonds is 5. The van der Waals surface area contributed by atoms with Crippen LogP contribution in [0.15, 0.2) is 18.2 Å². The Morgan fingerprint density at radius 2 is 2.00 bits per heavy atom. The Morgan fingerprint density at radius 1 is 1.36 bits per heavy atom. The fourth-order valence-electron chi connectivity index (χ4n) is 1.74. The molecular weight excluding hydrogens is 293 g/mol. The summed E-state index contributed by atoms with van der Waals surface area (Å²) >= 11 is 0. The summed E-state index contributed by atoms with van der Waals surface area (Å²) < 4.78 is 23.9. The lowest BCUT2D eigenvalue weighted by molar-refractivity contribution is -0.139. The van der Waals surface area contributed by atoms with Gasteiger partial charge >= 0.3 is 12.1 Å². The molecule has 0 saturated heterocycles. The quantitative estimate of drug-likeness (QED) is 0.871. The first-order valence-corrected chi connectivity index (χ1v) is 6.67. The predicted octanol–water partition coefficient (Wildman–Crippen LogP) is 2.35. The second-order valence-corrected chi connectivity index (χ2v) is 5.67. The Kier molecular flexibility index (Phi) is 5.73. The van der Waals surface area contributed by atoms with Crippen molar-refractivity contribution >= 4 is 12.1 Å². The van der Waals surface area contributed by atoms with Crippen molar-refractivity contribution in [2.75, 3.05) is 7.11 Å². The summed E-state index contributed by atoms with van der Waals surface area (Å²) in [5, 5.41) is 11.4. The topological polar surface area (TPSA) is 84.9 Å². The average molecular weight is 313 g/mol. The number of ether oxygens (including phenoxy) is 2. The van der Waals surface area contributed by atoms with Crippen LogP contribution in [-0.2, 0) is 16.0 Å². The Bertz CT molecular complexity index is 553. The molecule has 0 saturated carbocycles. The van der Waals surface area contributed by atoms with Crippen LogP contribution in [-0.4, -0.2) is 35.9 Å². The van der Waals surface area contributed by atoms with Gasteiger partial charge in [-0.25, -0.2) is 14.0 Å². The molecule has 1 aromatic carbocycles. The molecule has 22 heavy (non-hydrogen) atoms. The Labute approximate surface area is 128 Å². The van der Waals surface area contributed by atoms with E-state index in [1.165, 1.54) is 19.2 Å². The Hall–Kier alpha value is -2.31. The first-order valence-electron chi connectivity index (χ1n) is 6.67. The summed E-state index contributed by atoms with van der Waals surface area (Å²) in [6, 6.07) is 3.10. The lowest BCUT2D eigenvalue weighted by atomic mass is 10.1. The number of halogens is 1. The zero-order chi connectivity index (χ0) is 16.9. The fourth-order valence-corrected chi connectivity index (χ4v) is 1.74. The minimum Gasteiger partial charge on any atom is -0.494 e. The predicted molar refractivity (Wildman–Crippen MR) is 77.4 cm³/mol. The minimum absolute atomic E-state index is 0.0129. The van der Waals surface area contributed by atoms with Crippen molar-refractivity contribution in [1.29, 1.82) is 0 Å². The molecule has 2 N–H and O–H groups in total. The van der Waals surface area contributed by atoms with Gasteiger partial charge < -0.3 is 19.9 Å². The lowest BCUT2D eigenvalue weighted by Gasteiger charge is -2.22. The van der Waals surface area contributed by atoms with Gasteiger partial charge in [-0.1, -0.05) is 12.1 Å². The van der Waals surface area contributed by atoms with Crippen molar-refractivity contribution in [1.82, 2.24) is 5.32 Å². The molecule has 0 aliphatic carbocycles. The van der Waals surface area contributed by atoms with E-state index in [4.69, 9.17) is 9.47 Å². The number of methoxy groups -OCH3 is 1. The molecule has 0 spiro atoms. The standard InChI is InChI=1S/C15H20FNO5/c1-15(2,3)22-14(20)17-10(13(18)19)8-9-6-5-7-11(21-4)12(9)16/h5-7,10H,8H2,1-4H3,(H,17,20)(H,18,19). The van der Waals surface area contributed by atoms with Crippen LogP contribution in [0.25, 0.3) is 0 Å². The summed E-state index contributed by atoms with van der Waals surface area (Å²) in [6.45, 7) is 4.97. The van der Waals surface area contributed by atoms with Crippen molar-refractivity contribution in [3.63, 3.8) is 0 Å². The molecule has 0 heterocycles. The van der Waals surface area contributed by atoms with E-state index in [2.05, 4.69) is 5.32 Å². The number of aliphatic carboxylic acids is 1. The van der Waals surface area contributed by atoms with Crippen molar-refractivity contribution in [3.8, 4) is 5.75 Å². The maximum Gasteiger partial charge on any atom is 0.408 e. The van der Waals surface area contributed by atoms with Gasteiger partial charge in [-0.3, -0.25) is 0 Å². The summed E-state index contributed by atoms with van der Waals surface area (Å²) in [7, 11) is 1.32. The van der Waals surface area contributed by atoms with Crippen LogP contribution in [0.3, 0.4) is 0 Å². The number of alkyl carbamates (subject to hydrolysis) is 1. The molecule has 1 atom stereocenters. The van der Waals surface area contributed by atoms with E-state index >= 15 is 0 Å². The smallest absolute Gasteiger partial charge is 0.408 e. The highest BCUT2D eigenvalue weighted by Gasteiger charge is 2.25. The maximum atomic E-state index is 14.0. The van der Waals surface area contributed by atoms with E-state index in [0.717, 1.165) is 0 Å². The molecule has 0 aromatic heterocycles. The largest absolute Gasteiger partial charge is 0.494 e. The van der Waals surface area contributed by atoms with Crippen molar-refractivity contribution in [2.45, 2.75) is 38.8 Å². The Balaban J connectivity index is 2.86. The van der Waals surface area contributed by atoms with Crippen LogP contribution in [0.5, 0.6) is 5.75 Å². The molecule has 122 valence electrons. The molecule has 0 radical (unpaired) electrons. The number of hydrogen-bond donors (Lipinski definition) is 2. The zero-order valence-electron chi connectivity index (χ0n) is 13.0. The van der Waals surface area contributed by atoms with Gasteiger partial charge in [-0.15, -0.1) is 0 Å². The number of carbonyl (C=O) groups is 2. The molecule has 1 amide bonds. The molecule has 1 unspecified atom stereocenters. The van der Waals surface area contributed by atoms with Gasteiger partial charge in [0.15, 0.2) is 11.6 Å². The van der Waals surface area contributed by atoms with Crippen molar-refractivity contribution < 1.29 is 28.6 Å². The SMILES string of the molecule is COc1cccc(CC(NC(=O)OC(C)(C)C)C(=O)O)c1F. The number of carbonyl (C=O) groups excluding carboxylic acids is 1. The van der Waals surface area contributed by atoms with E-state index < -0.39 is 29.5 Å². The van der Waals surface area contributed by atoms with Crippen molar-refractivity contribution in [3.05, 3.63) is 29.6 Å². The number of benzene rings is 1. The first-order chi connectivity index (χ1) is 10.1. The third-order valence-electron chi connectivity index (χ3n) is 2.68. The third kappa shape index (κ3) is 5.23.